The molecule has 4 rings (SSSR count). The van der Waals surface area contributed by atoms with E-state index in [1.165, 1.54) is 5.56 Å². The maximum absolute atomic E-state index is 13.2. The molecule has 140 valence electrons. The van der Waals surface area contributed by atoms with Gasteiger partial charge < -0.3 is 9.80 Å². The van der Waals surface area contributed by atoms with Crippen LogP contribution >= 0.6 is 0 Å². The van der Waals surface area contributed by atoms with Crippen molar-refractivity contribution in [1.82, 2.24) is 9.88 Å². The molecular formula is C22H25N3O2. The molecule has 0 saturated carbocycles. The quantitative estimate of drug-likeness (QED) is 0.842. The molecule has 2 aliphatic heterocycles. The van der Waals surface area contributed by atoms with Crippen LogP contribution in [0.25, 0.3) is 0 Å². The van der Waals surface area contributed by atoms with Gasteiger partial charge in [-0.3, -0.25) is 14.6 Å². The summed E-state index contributed by atoms with van der Waals surface area (Å²) in [6.07, 6.45) is 7.02. The Morgan fingerprint density at radius 1 is 1.15 bits per heavy atom. The smallest absolute Gasteiger partial charge is 0.230 e. The molecule has 1 aromatic heterocycles. The minimum Gasteiger partial charge on any atom is -0.342 e. The van der Waals surface area contributed by atoms with Gasteiger partial charge in [-0.25, -0.2) is 0 Å². The molecule has 1 saturated heterocycles. The van der Waals surface area contributed by atoms with Gasteiger partial charge in [-0.15, -0.1) is 0 Å². The number of amides is 2. The molecule has 1 fully saturated rings. The number of aromatic nitrogens is 1. The predicted octanol–water partition coefficient (Wildman–Crippen LogP) is 3.01. The van der Waals surface area contributed by atoms with E-state index < -0.39 is 0 Å². The van der Waals surface area contributed by atoms with E-state index in [0.717, 1.165) is 43.6 Å². The summed E-state index contributed by atoms with van der Waals surface area (Å²) in [5.74, 6) is 0.353. The van der Waals surface area contributed by atoms with Crippen LogP contribution < -0.4 is 4.90 Å². The number of pyridine rings is 1. The van der Waals surface area contributed by atoms with E-state index in [1.54, 1.807) is 18.1 Å². The van der Waals surface area contributed by atoms with E-state index in [1.807, 2.05) is 41.4 Å². The first kappa shape index (κ1) is 17.7. The Hall–Kier alpha value is -2.69. The Balaban J connectivity index is 1.42. The van der Waals surface area contributed by atoms with Crippen molar-refractivity contribution in [2.45, 2.75) is 31.6 Å². The van der Waals surface area contributed by atoms with Crippen LogP contribution in [-0.4, -0.2) is 41.8 Å². The van der Waals surface area contributed by atoms with Gasteiger partial charge in [0.2, 0.25) is 11.8 Å². The number of likely N-dealkylation sites (tertiary alicyclic amines) is 1. The molecule has 1 aromatic carbocycles. The van der Waals surface area contributed by atoms with E-state index in [-0.39, 0.29) is 24.2 Å². The first-order valence-electron chi connectivity index (χ1n) is 9.66. The highest BCUT2D eigenvalue weighted by atomic mass is 16.2. The lowest BCUT2D eigenvalue weighted by atomic mass is 9.86. The van der Waals surface area contributed by atoms with Crippen molar-refractivity contribution in [2.75, 3.05) is 25.0 Å². The van der Waals surface area contributed by atoms with Gasteiger partial charge in [-0.2, -0.15) is 0 Å². The molecule has 1 atom stereocenters. The molecule has 1 unspecified atom stereocenters. The van der Waals surface area contributed by atoms with Crippen LogP contribution in [0.5, 0.6) is 0 Å². The molecule has 0 spiro atoms. The zero-order valence-electron chi connectivity index (χ0n) is 15.7. The van der Waals surface area contributed by atoms with Gasteiger partial charge in [0.1, 0.15) is 0 Å². The number of carbonyl (C=O) groups excluding carboxylic acids is 2. The summed E-state index contributed by atoms with van der Waals surface area (Å²) >= 11 is 0. The van der Waals surface area contributed by atoms with Crippen LogP contribution in [0.1, 0.15) is 36.3 Å². The summed E-state index contributed by atoms with van der Waals surface area (Å²) in [4.78, 5) is 33.3. The number of hydrogen-bond acceptors (Lipinski definition) is 3. The summed E-state index contributed by atoms with van der Waals surface area (Å²) in [5.41, 5.74) is 3.10. The monoisotopic (exact) mass is 363 g/mol. The lowest BCUT2D eigenvalue weighted by Crippen LogP contribution is -2.44. The van der Waals surface area contributed by atoms with Crippen molar-refractivity contribution >= 4 is 17.5 Å². The fourth-order valence-corrected chi connectivity index (χ4v) is 4.29. The van der Waals surface area contributed by atoms with Crippen molar-refractivity contribution in [3.63, 3.8) is 0 Å². The van der Waals surface area contributed by atoms with E-state index in [9.17, 15) is 9.59 Å². The topological polar surface area (TPSA) is 53.5 Å². The Morgan fingerprint density at radius 3 is 2.67 bits per heavy atom. The van der Waals surface area contributed by atoms with Gasteiger partial charge in [0.25, 0.3) is 0 Å². The summed E-state index contributed by atoms with van der Waals surface area (Å²) in [6, 6.07) is 11.9. The Labute approximate surface area is 160 Å². The number of carbonyl (C=O) groups is 2. The molecule has 2 aliphatic rings. The lowest BCUT2D eigenvalue weighted by molar-refractivity contribution is -0.136. The van der Waals surface area contributed by atoms with E-state index in [4.69, 9.17) is 0 Å². The molecule has 5 nitrogen and oxygen atoms in total. The van der Waals surface area contributed by atoms with Gasteiger partial charge >= 0.3 is 0 Å². The van der Waals surface area contributed by atoms with Gasteiger partial charge in [0.15, 0.2) is 0 Å². The number of nitrogens with zero attached hydrogens (tertiary/aromatic N) is 3. The van der Waals surface area contributed by atoms with Crippen LogP contribution in [0.4, 0.5) is 5.69 Å². The second-order valence-corrected chi connectivity index (χ2v) is 7.60. The maximum Gasteiger partial charge on any atom is 0.230 e. The standard InChI is InChI=1S/C22H25N3O2/c1-24-20-7-3-2-6-18(20)19(14-21(24)26)22(27)25-11-8-16(9-12-25)13-17-5-4-10-23-15-17/h2-7,10,15-16,19H,8-9,11-14H2,1H3. The van der Waals surface area contributed by atoms with Gasteiger partial charge in [-0.1, -0.05) is 24.3 Å². The average molecular weight is 363 g/mol. The number of rotatable bonds is 3. The average Bonchev–Trinajstić information content (AvgIpc) is 2.71. The predicted molar refractivity (Wildman–Crippen MR) is 104 cm³/mol. The molecule has 2 aromatic rings. The van der Waals surface area contributed by atoms with Gasteiger partial charge in [-0.05, 0) is 48.4 Å². The molecule has 0 bridgehead atoms. The van der Waals surface area contributed by atoms with Crippen molar-refractivity contribution in [1.29, 1.82) is 0 Å². The van der Waals surface area contributed by atoms with Crippen molar-refractivity contribution in [3.05, 3.63) is 59.9 Å². The number of piperidine rings is 1. The summed E-state index contributed by atoms with van der Waals surface area (Å²) in [7, 11) is 1.78. The van der Waals surface area contributed by atoms with Crippen LogP contribution in [-0.2, 0) is 16.0 Å². The zero-order valence-corrected chi connectivity index (χ0v) is 15.7. The second kappa shape index (κ2) is 7.51. The fraction of sp³-hybridized carbons (Fsp3) is 0.409. The van der Waals surface area contributed by atoms with Crippen LogP contribution in [0, 0.1) is 5.92 Å². The lowest BCUT2D eigenvalue weighted by Gasteiger charge is -2.37. The largest absolute Gasteiger partial charge is 0.342 e. The minimum absolute atomic E-state index is 0.0125. The third kappa shape index (κ3) is 3.59. The molecule has 3 heterocycles. The van der Waals surface area contributed by atoms with Crippen molar-refractivity contribution < 1.29 is 9.59 Å². The highest BCUT2D eigenvalue weighted by Gasteiger charge is 2.36. The normalized spacial score (nSPS) is 20.5. The fourth-order valence-electron chi connectivity index (χ4n) is 4.29. The van der Waals surface area contributed by atoms with E-state index in [0.29, 0.717) is 5.92 Å². The first-order valence-corrected chi connectivity index (χ1v) is 9.66. The maximum atomic E-state index is 13.2. The van der Waals surface area contributed by atoms with Crippen LogP contribution in [0.15, 0.2) is 48.8 Å². The molecule has 0 N–H and O–H groups in total. The SMILES string of the molecule is CN1C(=O)CC(C(=O)N2CCC(Cc3cccnc3)CC2)c2ccccc21. The molecule has 27 heavy (non-hydrogen) atoms. The van der Waals surface area contributed by atoms with Crippen molar-refractivity contribution in [2.24, 2.45) is 5.92 Å². The van der Waals surface area contributed by atoms with Gasteiger partial charge in [0, 0.05) is 44.6 Å². The molecule has 0 aliphatic carbocycles. The Kier molecular flexibility index (Phi) is 4.92. The van der Waals surface area contributed by atoms with Crippen LogP contribution in [0.2, 0.25) is 0 Å². The zero-order chi connectivity index (χ0) is 18.8. The summed E-state index contributed by atoms with van der Waals surface area (Å²) in [6.45, 7) is 1.54. The Morgan fingerprint density at radius 2 is 1.93 bits per heavy atom. The number of hydrogen-bond donors (Lipinski definition) is 0. The third-order valence-corrected chi connectivity index (χ3v) is 5.90. The molecular weight excluding hydrogens is 338 g/mol. The van der Waals surface area contributed by atoms with Gasteiger partial charge in [0.05, 0.1) is 5.92 Å². The third-order valence-electron chi connectivity index (χ3n) is 5.90. The van der Waals surface area contributed by atoms with Crippen LogP contribution in [0.3, 0.4) is 0 Å². The second-order valence-electron chi connectivity index (χ2n) is 7.60. The number of para-hydroxylation sites is 1. The van der Waals surface area contributed by atoms with Crippen molar-refractivity contribution in [3.8, 4) is 0 Å². The Bertz CT molecular complexity index is 828. The van der Waals surface area contributed by atoms with E-state index in [2.05, 4.69) is 11.1 Å². The minimum atomic E-state index is -0.347. The molecule has 0 radical (unpaired) electrons. The molecule has 5 heteroatoms. The highest BCUT2D eigenvalue weighted by molar-refractivity contribution is 6.02. The number of anilines is 1. The van der Waals surface area contributed by atoms with E-state index >= 15 is 0 Å². The summed E-state index contributed by atoms with van der Waals surface area (Å²) in [5, 5.41) is 0. The highest BCUT2D eigenvalue weighted by Crippen LogP contribution is 2.37. The number of fused-ring (bicyclic) bond motifs is 1. The first-order chi connectivity index (χ1) is 13.1. The number of benzene rings is 1. The molecule has 2 amide bonds. The summed E-state index contributed by atoms with van der Waals surface area (Å²) < 4.78 is 0.